The molecule has 0 saturated carbocycles. The van der Waals surface area contributed by atoms with E-state index in [1.54, 1.807) is 24.3 Å². The van der Waals surface area contributed by atoms with Crippen LogP contribution in [-0.2, 0) is 32.0 Å². The summed E-state index contributed by atoms with van der Waals surface area (Å²) >= 11 is 0. The highest BCUT2D eigenvalue weighted by molar-refractivity contribution is 6.41. The first kappa shape index (κ1) is 29.8. The highest BCUT2D eigenvalue weighted by Gasteiger charge is 2.25. The third kappa shape index (κ3) is 6.79. The minimum Gasteiger partial charge on any atom is -0.319 e. The molecule has 0 fully saturated rings. The smallest absolute Gasteiger partial charge is 0.292 e. The molecule has 0 aliphatic heterocycles. The van der Waals surface area contributed by atoms with Crippen LogP contribution in [0, 0.1) is 27.7 Å². The summed E-state index contributed by atoms with van der Waals surface area (Å²) in [5.41, 5.74) is 4.27. The molecule has 2 N–H and O–H groups in total. The van der Waals surface area contributed by atoms with Crippen molar-refractivity contribution >= 4 is 46.3 Å². The number of hydrogen-bond donors (Lipinski definition) is 2. The van der Waals surface area contributed by atoms with E-state index >= 15 is 0 Å². The Bertz CT molecular complexity index is 1460. The zero-order valence-electron chi connectivity index (χ0n) is 23.4. The number of rotatable bonds is 10. The van der Waals surface area contributed by atoms with Crippen LogP contribution < -0.4 is 10.6 Å². The number of anilines is 2. The van der Waals surface area contributed by atoms with Crippen molar-refractivity contribution in [1.82, 2.24) is 4.98 Å². The summed E-state index contributed by atoms with van der Waals surface area (Å²) in [5, 5.41) is 5.16. The zero-order valence-corrected chi connectivity index (χ0v) is 23.4. The number of nitrogens with one attached hydrogen (secondary N) is 2. The minimum absolute atomic E-state index is 0.0193. The molecule has 0 atom stereocenters. The molecular weight excluding hydrogens is 510 g/mol. The molecule has 0 saturated heterocycles. The van der Waals surface area contributed by atoms with Crippen LogP contribution in [0.15, 0.2) is 42.5 Å². The molecular formula is C31H31N3O6. The van der Waals surface area contributed by atoms with Crippen molar-refractivity contribution in [2.75, 3.05) is 10.6 Å². The van der Waals surface area contributed by atoms with Crippen molar-refractivity contribution in [3.05, 3.63) is 87.2 Å². The van der Waals surface area contributed by atoms with E-state index < -0.39 is 47.8 Å². The standard InChI is InChI=1S/C31H31N3O6/c1-16-9-7-11-24(18(16)3)33-30(39)28(37)14-26-22(20(5)35)13-23(21(6)36)27(32-26)15-29(38)31(40)34-25-12-8-10-17(2)19(25)4/h7-13H,14-15H2,1-6H3,(H,33,39)(H,34,40). The fourth-order valence-electron chi connectivity index (χ4n) is 4.10. The fraction of sp³-hybridized carbons (Fsp3) is 0.258. The minimum atomic E-state index is -0.897. The van der Waals surface area contributed by atoms with Gasteiger partial charge in [0.15, 0.2) is 11.6 Å². The second-order valence-electron chi connectivity index (χ2n) is 9.69. The number of ketones is 4. The Hall–Kier alpha value is -4.79. The number of nitrogens with zero attached hydrogens (tertiary/aromatic N) is 1. The van der Waals surface area contributed by atoms with Crippen LogP contribution in [0.3, 0.4) is 0 Å². The maximum Gasteiger partial charge on any atom is 0.292 e. The lowest BCUT2D eigenvalue weighted by Crippen LogP contribution is -2.28. The first-order chi connectivity index (χ1) is 18.8. The first-order valence-electron chi connectivity index (χ1n) is 12.7. The number of amides is 2. The summed E-state index contributed by atoms with van der Waals surface area (Å²) in [6, 6.07) is 11.8. The molecule has 3 aromatic rings. The van der Waals surface area contributed by atoms with Crippen LogP contribution in [0.5, 0.6) is 0 Å². The first-order valence-corrected chi connectivity index (χ1v) is 12.7. The van der Waals surface area contributed by atoms with Gasteiger partial charge in [-0.2, -0.15) is 0 Å². The number of hydrogen-bond acceptors (Lipinski definition) is 7. The lowest BCUT2D eigenvalue weighted by atomic mass is 9.97. The topological polar surface area (TPSA) is 139 Å². The van der Waals surface area contributed by atoms with E-state index in [1.165, 1.54) is 19.9 Å². The second-order valence-corrected chi connectivity index (χ2v) is 9.69. The van der Waals surface area contributed by atoms with E-state index in [0.717, 1.165) is 22.3 Å². The molecule has 2 aromatic carbocycles. The molecule has 0 spiro atoms. The Kier molecular flexibility index (Phi) is 9.21. The lowest BCUT2D eigenvalue weighted by molar-refractivity contribution is -0.134. The Morgan fingerprint density at radius 2 is 1.00 bits per heavy atom. The van der Waals surface area contributed by atoms with Gasteiger partial charge in [-0.3, -0.25) is 33.8 Å². The molecule has 0 unspecified atom stereocenters. The summed E-state index contributed by atoms with van der Waals surface area (Å²) in [6.07, 6.45) is -1.08. The van der Waals surface area contributed by atoms with Crippen molar-refractivity contribution in [1.29, 1.82) is 0 Å². The molecule has 0 aliphatic rings. The van der Waals surface area contributed by atoms with Gasteiger partial charge in [0.2, 0.25) is 11.6 Å². The molecule has 0 radical (unpaired) electrons. The van der Waals surface area contributed by atoms with Gasteiger partial charge in [-0.25, -0.2) is 0 Å². The quantitative estimate of drug-likeness (QED) is 0.289. The number of pyridine rings is 1. The molecule has 3 rings (SSSR count). The van der Waals surface area contributed by atoms with Gasteiger partial charge >= 0.3 is 0 Å². The summed E-state index contributed by atoms with van der Waals surface area (Å²) < 4.78 is 0. The van der Waals surface area contributed by atoms with E-state index in [1.807, 2.05) is 39.8 Å². The number of aromatic nitrogens is 1. The average Bonchev–Trinajstić information content (AvgIpc) is 2.89. The summed E-state index contributed by atoms with van der Waals surface area (Å²) in [6.45, 7) is 9.85. The SMILES string of the molecule is CC(=O)c1cc(C(C)=O)c(CC(=O)C(=O)Nc2cccc(C)c2C)nc1CC(=O)C(=O)Nc1cccc(C)c1C. The summed E-state index contributed by atoms with van der Waals surface area (Å²) in [5.74, 6) is -4.47. The molecule has 1 aromatic heterocycles. The van der Waals surface area contributed by atoms with Crippen molar-refractivity contribution in [2.24, 2.45) is 0 Å². The predicted octanol–water partition coefficient (Wildman–Crippen LogP) is 4.22. The lowest BCUT2D eigenvalue weighted by Gasteiger charge is -2.14. The van der Waals surface area contributed by atoms with Crippen molar-refractivity contribution < 1.29 is 28.8 Å². The maximum absolute atomic E-state index is 12.8. The number of aryl methyl sites for hydroxylation is 2. The van der Waals surface area contributed by atoms with Crippen LogP contribution >= 0.6 is 0 Å². The summed E-state index contributed by atoms with van der Waals surface area (Å²) in [7, 11) is 0. The molecule has 206 valence electrons. The van der Waals surface area contributed by atoms with Gasteiger partial charge in [-0.1, -0.05) is 24.3 Å². The van der Waals surface area contributed by atoms with Gasteiger partial charge in [0, 0.05) is 22.5 Å². The zero-order chi connectivity index (χ0) is 29.7. The van der Waals surface area contributed by atoms with Gasteiger partial charge in [0.1, 0.15) is 0 Å². The third-order valence-electron chi connectivity index (χ3n) is 6.81. The predicted molar refractivity (Wildman–Crippen MR) is 151 cm³/mol. The van der Waals surface area contributed by atoms with Crippen molar-refractivity contribution in [3.8, 4) is 0 Å². The average molecular weight is 542 g/mol. The largest absolute Gasteiger partial charge is 0.319 e. The Balaban J connectivity index is 1.89. The van der Waals surface area contributed by atoms with Gasteiger partial charge in [0.25, 0.3) is 11.8 Å². The molecule has 40 heavy (non-hydrogen) atoms. The van der Waals surface area contributed by atoms with E-state index in [0.29, 0.717) is 11.4 Å². The van der Waals surface area contributed by atoms with E-state index in [9.17, 15) is 28.8 Å². The molecule has 9 nitrogen and oxygen atoms in total. The highest BCUT2D eigenvalue weighted by atomic mass is 16.2. The number of Topliss-reactive ketones (excluding diaryl/α,β-unsaturated/α-hetero) is 4. The molecule has 2 amide bonds. The third-order valence-corrected chi connectivity index (χ3v) is 6.81. The van der Waals surface area contributed by atoms with Gasteiger partial charge in [-0.15, -0.1) is 0 Å². The van der Waals surface area contributed by atoms with E-state index in [-0.39, 0.29) is 22.5 Å². The normalized spacial score (nSPS) is 10.6. The van der Waals surface area contributed by atoms with Crippen LogP contribution in [0.25, 0.3) is 0 Å². The fourth-order valence-corrected chi connectivity index (χ4v) is 4.10. The van der Waals surface area contributed by atoms with Gasteiger partial charge in [0.05, 0.1) is 24.2 Å². The Morgan fingerprint density at radius 1 is 0.625 bits per heavy atom. The Labute approximate surface area is 232 Å². The van der Waals surface area contributed by atoms with Gasteiger partial charge in [-0.05, 0) is 82.0 Å². The molecule has 0 aliphatic carbocycles. The van der Waals surface area contributed by atoms with Crippen molar-refractivity contribution in [2.45, 2.75) is 54.4 Å². The molecule has 9 heteroatoms. The van der Waals surface area contributed by atoms with Crippen LogP contribution in [0.2, 0.25) is 0 Å². The van der Waals surface area contributed by atoms with Crippen LogP contribution in [0.4, 0.5) is 11.4 Å². The molecule has 1 heterocycles. The van der Waals surface area contributed by atoms with Gasteiger partial charge < -0.3 is 10.6 Å². The monoisotopic (exact) mass is 541 g/mol. The highest BCUT2D eigenvalue weighted by Crippen LogP contribution is 2.21. The number of carbonyl (C=O) groups is 6. The van der Waals surface area contributed by atoms with E-state index in [4.69, 9.17) is 0 Å². The van der Waals surface area contributed by atoms with Crippen LogP contribution in [-0.4, -0.2) is 39.9 Å². The Morgan fingerprint density at radius 3 is 1.35 bits per heavy atom. The number of carbonyl (C=O) groups excluding carboxylic acids is 6. The second kappa shape index (κ2) is 12.4. The summed E-state index contributed by atoms with van der Waals surface area (Å²) in [4.78, 5) is 80.1. The van der Waals surface area contributed by atoms with Crippen molar-refractivity contribution in [3.63, 3.8) is 0 Å². The maximum atomic E-state index is 12.8. The molecule has 0 bridgehead atoms. The van der Waals surface area contributed by atoms with E-state index in [2.05, 4.69) is 15.6 Å². The number of benzene rings is 2. The van der Waals surface area contributed by atoms with Crippen LogP contribution in [0.1, 0.15) is 68.2 Å².